The first-order valence-electron chi connectivity index (χ1n) is 11.3. The average Bonchev–Trinajstić information content (AvgIpc) is 2.80. The third-order valence-corrected chi connectivity index (χ3v) is 6.74. The number of hydrogen-bond acceptors (Lipinski definition) is 4. The quantitative estimate of drug-likeness (QED) is 0.378. The first-order chi connectivity index (χ1) is 16.1. The van der Waals surface area contributed by atoms with Crippen LogP contribution in [-0.4, -0.2) is 30.3 Å². The smallest absolute Gasteiger partial charge is 0.416 e. The second-order valence-electron chi connectivity index (χ2n) is 8.85. The number of carbonyl (C=O) groups is 2. The fourth-order valence-electron chi connectivity index (χ4n) is 4.70. The zero-order valence-electron chi connectivity index (χ0n) is 19.3. The van der Waals surface area contributed by atoms with Gasteiger partial charge in [0.15, 0.2) is 0 Å². The topological polar surface area (TPSA) is 46.6 Å². The van der Waals surface area contributed by atoms with Crippen molar-refractivity contribution in [2.45, 2.75) is 57.3 Å². The Morgan fingerprint density at radius 1 is 1.12 bits per heavy atom. The third-order valence-electron chi connectivity index (χ3n) is 6.48. The molecular formula is C26H29ClF3NO3. The average molecular weight is 496 g/mol. The number of benzene rings is 2. The van der Waals surface area contributed by atoms with Crippen molar-refractivity contribution < 1.29 is 27.5 Å². The highest BCUT2D eigenvalue weighted by Crippen LogP contribution is 2.43. The number of ketones is 1. The molecule has 0 aromatic heterocycles. The largest absolute Gasteiger partial charge is 0.469 e. The summed E-state index contributed by atoms with van der Waals surface area (Å²) in [5.41, 5.74) is 1.05. The molecule has 1 fully saturated rings. The van der Waals surface area contributed by atoms with Gasteiger partial charge < -0.3 is 9.53 Å². The molecule has 2 aromatic rings. The predicted octanol–water partition coefficient (Wildman–Crippen LogP) is 6.79. The standard InChI is InChI=1S/C26H29ClF3NO3/c1-17(32)3-12-23(19-6-10-22(27)11-7-19)31-14-13-18(16-25(33)34-2)15-24(31)20-4-8-21(9-5-20)26(28,29)30/h4-11,18,23-24H,3,12-16H2,1-2H3/t18-,23?,24+/m1/s1. The second-order valence-corrected chi connectivity index (χ2v) is 9.29. The maximum absolute atomic E-state index is 13.1. The molecular weight excluding hydrogens is 467 g/mol. The lowest BCUT2D eigenvalue weighted by atomic mass is 9.82. The van der Waals surface area contributed by atoms with Crippen molar-refractivity contribution >= 4 is 23.4 Å². The van der Waals surface area contributed by atoms with Gasteiger partial charge in [-0.3, -0.25) is 9.69 Å². The van der Waals surface area contributed by atoms with Crippen LogP contribution in [0, 0.1) is 5.92 Å². The minimum atomic E-state index is -4.41. The number of esters is 1. The Morgan fingerprint density at radius 3 is 2.32 bits per heavy atom. The molecule has 0 aliphatic carbocycles. The number of Topliss-reactive ketones (excluding diaryl/α,β-unsaturated/α-hetero) is 1. The lowest BCUT2D eigenvalue weighted by Gasteiger charge is -2.44. The molecule has 1 aliphatic rings. The van der Waals surface area contributed by atoms with Crippen molar-refractivity contribution in [3.63, 3.8) is 0 Å². The molecule has 0 bridgehead atoms. The molecule has 3 rings (SSSR count). The van der Waals surface area contributed by atoms with Crippen LogP contribution in [0.2, 0.25) is 5.02 Å². The van der Waals surface area contributed by atoms with Crippen molar-refractivity contribution in [3.8, 4) is 0 Å². The maximum Gasteiger partial charge on any atom is 0.416 e. The molecule has 0 N–H and O–H groups in total. The molecule has 1 heterocycles. The number of rotatable bonds is 8. The van der Waals surface area contributed by atoms with E-state index >= 15 is 0 Å². The molecule has 2 aromatic carbocycles. The summed E-state index contributed by atoms with van der Waals surface area (Å²) in [6.07, 6.45) is -1.84. The van der Waals surface area contributed by atoms with Gasteiger partial charge in [-0.2, -0.15) is 13.2 Å². The van der Waals surface area contributed by atoms with Gasteiger partial charge in [0.2, 0.25) is 0 Å². The Labute approximate surface area is 203 Å². The van der Waals surface area contributed by atoms with E-state index in [-0.39, 0.29) is 36.2 Å². The van der Waals surface area contributed by atoms with E-state index in [0.29, 0.717) is 30.8 Å². The van der Waals surface area contributed by atoms with Gasteiger partial charge in [0.05, 0.1) is 12.7 Å². The Morgan fingerprint density at radius 2 is 1.76 bits per heavy atom. The number of methoxy groups -OCH3 is 1. The van der Waals surface area contributed by atoms with Crippen LogP contribution in [0.4, 0.5) is 13.2 Å². The van der Waals surface area contributed by atoms with Crippen molar-refractivity contribution in [1.82, 2.24) is 4.90 Å². The number of nitrogens with zero attached hydrogens (tertiary/aromatic N) is 1. The van der Waals surface area contributed by atoms with Crippen LogP contribution in [0.3, 0.4) is 0 Å². The summed E-state index contributed by atoms with van der Waals surface area (Å²) in [6, 6.07) is 12.4. The normalized spacial score (nSPS) is 20.1. The molecule has 4 nitrogen and oxygen atoms in total. The van der Waals surface area contributed by atoms with E-state index in [1.54, 1.807) is 19.1 Å². The van der Waals surface area contributed by atoms with Gasteiger partial charge in [0.25, 0.3) is 0 Å². The zero-order chi connectivity index (χ0) is 24.9. The first-order valence-corrected chi connectivity index (χ1v) is 11.7. The van der Waals surface area contributed by atoms with Gasteiger partial charge in [-0.05, 0) is 74.0 Å². The third kappa shape index (κ3) is 6.83. The monoisotopic (exact) mass is 495 g/mol. The summed E-state index contributed by atoms with van der Waals surface area (Å²) in [7, 11) is 1.35. The van der Waals surface area contributed by atoms with Crippen LogP contribution >= 0.6 is 11.6 Å². The maximum atomic E-state index is 13.1. The minimum Gasteiger partial charge on any atom is -0.469 e. The zero-order valence-corrected chi connectivity index (χ0v) is 20.0. The number of ether oxygens (including phenoxy) is 1. The molecule has 34 heavy (non-hydrogen) atoms. The van der Waals surface area contributed by atoms with Gasteiger partial charge >= 0.3 is 12.1 Å². The number of carbonyl (C=O) groups excluding carboxylic acids is 2. The summed E-state index contributed by atoms with van der Waals surface area (Å²) in [4.78, 5) is 26.0. The molecule has 8 heteroatoms. The molecule has 0 amide bonds. The fourth-order valence-corrected chi connectivity index (χ4v) is 4.83. The van der Waals surface area contributed by atoms with E-state index in [4.69, 9.17) is 16.3 Å². The SMILES string of the molecule is COC(=O)C[C@@H]1CCN(C(CCC(C)=O)c2ccc(Cl)cc2)[C@H](c2ccc(C(F)(F)F)cc2)C1. The number of likely N-dealkylation sites (tertiary alicyclic amines) is 1. The van der Waals surface area contributed by atoms with E-state index in [1.165, 1.54) is 19.2 Å². The Balaban J connectivity index is 1.97. The summed E-state index contributed by atoms with van der Waals surface area (Å²) < 4.78 is 44.2. The summed E-state index contributed by atoms with van der Waals surface area (Å²) in [6.45, 7) is 2.19. The molecule has 0 saturated carbocycles. The molecule has 0 spiro atoms. The highest BCUT2D eigenvalue weighted by molar-refractivity contribution is 6.30. The number of piperidine rings is 1. The first kappa shape index (κ1) is 26.2. The van der Waals surface area contributed by atoms with Crippen LogP contribution in [0.1, 0.15) is 67.8 Å². The van der Waals surface area contributed by atoms with E-state index < -0.39 is 11.7 Å². The Hall–Kier alpha value is -2.38. The van der Waals surface area contributed by atoms with Crippen LogP contribution in [0.5, 0.6) is 0 Å². The molecule has 1 saturated heterocycles. The molecule has 0 radical (unpaired) electrons. The lowest BCUT2D eigenvalue weighted by molar-refractivity contribution is -0.142. The minimum absolute atomic E-state index is 0.0506. The van der Waals surface area contributed by atoms with Crippen molar-refractivity contribution in [2.75, 3.05) is 13.7 Å². The van der Waals surface area contributed by atoms with E-state index in [0.717, 1.165) is 29.7 Å². The summed E-state index contributed by atoms with van der Waals surface area (Å²) in [5, 5.41) is 0.602. The molecule has 184 valence electrons. The van der Waals surface area contributed by atoms with Gasteiger partial charge in [0, 0.05) is 29.9 Å². The van der Waals surface area contributed by atoms with Crippen LogP contribution in [-0.2, 0) is 20.5 Å². The number of alkyl halides is 3. The Bertz CT molecular complexity index is 976. The van der Waals surface area contributed by atoms with Gasteiger partial charge in [0.1, 0.15) is 5.78 Å². The van der Waals surface area contributed by atoms with Gasteiger partial charge in [-0.15, -0.1) is 0 Å². The number of hydrogen-bond donors (Lipinski definition) is 0. The van der Waals surface area contributed by atoms with E-state index in [9.17, 15) is 22.8 Å². The van der Waals surface area contributed by atoms with Crippen molar-refractivity contribution in [1.29, 1.82) is 0 Å². The molecule has 1 aliphatic heterocycles. The van der Waals surface area contributed by atoms with E-state index in [1.807, 2.05) is 12.1 Å². The highest BCUT2D eigenvalue weighted by atomic mass is 35.5. The van der Waals surface area contributed by atoms with Crippen molar-refractivity contribution in [3.05, 3.63) is 70.2 Å². The van der Waals surface area contributed by atoms with E-state index in [2.05, 4.69) is 4.90 Å². The van der Waals surface area contributed by atoms with Crippen LogP contribution in [0.15, 0.2) is 48.5 Å². The number of halogens is 4. The van der Waals surface area contributed by atoms with Crippen LogP contribution < -0.4 is 0 Å². The van der Waals surface area contributed by atoms with Crippen LogP contribution in [0.25, 0.3) is 0 Å². The van der Waals surface area contributed by atoms with Gasteiger partial charge in [-0.25, -0.2) is 0 Å². The fraction of sp³-hybridized carbons (Fsp3) is 0.462. The second kappa shape index (κ2) is 11.4. The summed E-state index contributed by atoms with van der Waals surface area (Å²) >= 11 is 6.08. The highest BCUT2D eigenvalue weighted by Gasteiger charge is 2.36. The van der Waals surface area contributed by atoms with Crippen molar-refractivity contribution in [2.24, 2.45) is 5.92 Å². The van der Waals surface area contributed by atoms with Gasteiger partial charge in [-0.1, -0.05) is 35.9 Å². The molecule has 3 atom stereocenters. The predicted molar refractivity (Wildman–Crippen MR) is 124 cm³/mol. The summed E-state index contributed by atoms with van der Waals surface area (Å²) in [5.74, 6) is -0.171. The molecule has 1 unspecified atom stereocenters. The lowest BCUT2D eigenvalue weighted by Crippen LogP contribution is -2.40. The Kier molecular flexibility index (Phi) is 8.77.